The Labute approximate surface area is 140 Å². The van der Waals surface area contributed by atoms with Crippen molar-refractivity contribution in [3.8, 4) is 0 Å². The van der Waals surface area contributed by atoms with E-state index in [1.165, 1.54) is 0 Å². The smallest absolute Gasteiger partial charge is 0.253 e. The van der Waals surface area contributed by atoms with E-state index in [4.69, 9.17) is 22.9 Å². The van der Waals surface area contributed by atoms with Crippen molar-refractivity contribution < 1.29 is 5.21 Å². The SMILES string of the molecule is N[C@@H]1C[C@H](N)CN(c2nc(NO)nc(N3C[C@H](N)C[C@H](N)C3)n2)C1. The summed E-state index contributed by atoms with van der Waals surface area (Å²) in [5.41, 5.74) is 26.1. The second-order valence-electron chi connectivity index (χ2n) is 6.69. The largest absolute Gasteiger partial charge is 0.338 e. The van der Waals surface area contributed by atoms with E-state index in [9.17, 15) is 5.21 Å². The number of aromatic nitrogens is 3. The second-order valence-corrected chi connectivity index (χ2v) is 6.69. The highest BCUT2D eigenvalue weighted by Gasteiger charge is 2.28. The summed E-state index contributed by atoms with van der Waals surface area (Å²) in [6.07, 6.45) is 1.52. The Hall–Kier alpha value is -1.79. The summed E-state index contributed by atoms with van der Waals surface area (Å²) >= 11 is 0. The minimum atomic E-state index is -0.0451. The van der Waals surface area contributed by atoms with E-state index in [1.807, 2.05) is 15.3 Å². The van der Waals surface area contributed by atoms with Crippen LogP contribution in [0.15, 0.2) is 0 Å². The van der Waals surface area contributed by atoms with Gasteiger partial charge in [0, 0.05) is 50.3 Å². The van der Waals surface area contributed by atoms with Crippen molar-refractivity contribution in [3.05, 3.63) is 0 Å². The quantitative estimate of drug-likeness (QED) is 0.318. The highest BCUT2D eigenvalue weighted by Crippen LogP contribution is 2.21. The third-order valence-electron chi connectivity index (χ3n) is 4.31. The van der Waals surface area contributed by atoms with Gasteiger partial charge in [0.2, 0.25) is 11.9 Å². The Balaban J connectivity index is 1.88. The van der Waals surface area contributed by atoms with E-state index in [0.29, 0.717) is 38.1 Å². The zero-order valence-electron chi connectivity index (χ0n) is 13.5. The van der Waals surface area contributed by atoms with Crippen LogP contribution in [0.3, 0.4) is 0 Å². The fourth-order valence-corrected chi connectivity index (χ4v) is 3.37. The van der Waals surface area contributed by atoms with Crippen molar-refractivity contribution in [1.82, 2.24) is 15.0 Å². The van der Waals surface area contributed by atoms with Crippen molar-refractivity contribution >= 4 is 17.8 Å². The van der Waals surface area contributed by atoms with E-state index in [1.54, 1.807) is 0 Å². The van der Waals surface area contributed by atoms with Crippen LogP contribution in [0.2, 0.25) is 0 Å². The summed E-state index contributed by atoms with van der Waals surface area (Å²) in [7, 11) is 0. The topological polar surface area (TPSA) is 181 Å². The van der Waals surface area contributed by atoms with Crippen molar-refractivity contribution in [2.75, 3.05) is 41.5 Å². The van der Waals surface area contributed by atoms with Crippen LogP contribution < -0.4 is 38.2 Å². The molecule has 134 valence electrons. The fourth-order valence-electron chi connectivity index (χ4n) is 3.37. The van der Waals surface area contributed by atoms with Gasteiger partial charge in [-0.25, -0.2) is 5.48 Å². The van der Waals surface area contributed by atoms with Crippen LogP contribution >= 0.6 is 0 Å². The van der Waals surface area contributed by atoms with Crippen LogP contribution in [0, 0.1) is 0 Å². The Morgan fingerprint density at radius 2 is 1.12 bits per heavy atom. The predicted molar refractivity (Wildman–Crippen MR) is 90.8 cm³/mol. The molecule has 4 atom stereocenters. The Morgan fingerprint density at radius 3 is 1.46 bits per heavy atom. The van der Waals surface area contributed by atoms with Crippen LogP contribution in [-0.4, -0.2) is 70.5 Å². The summed E-state index contributed by atoms with van der Waals surface area (Å²) < 4.78 is 0. The van der Waals surface area contributed by atoms with Gasteiger partial charge in [-0.3, -0.25) is 5.21 Å². The number of nitrogens with zero attached hydrogens (tertiary/aromatic N) is 5. The number of hydrogen-bond acceptors (Lipinski definition) is 11. The molecule has 0 amide bonds. The van der Waals surface area contributed by atoms with Gasteiger partial charge in [0.1, 0.15) is 0 Å². The lowest BCUT2D eigenvalue weighted by molar-refractivity contribution is 0.381. The first-order valence-electron chi connectivity index (χ1n) is 8.13. The molecule has 2 saturated heterocycles. The fraction of sp³-hybridized carbons (Fsp3) is 0.769. The lowest BCUT2D eigenvalue weighted by atomic mass is 10.0. The lowest BCUT2D eigenvalue weighted by Crippen LogP contribution is -2.54. The first-order chi connectivity index (χ1) is 11.4. The van der Waals surface area contributed by atoms with Gasteiger partial charge in [0.25, 0.3) is 5.95 Å². The van der Waals surface area contributed by atoms with Gasteiger partial charge in [-0.15, -0.1) is 0 Å². The van der Waals surface area contributed by atoms with Crippen LogP contribution in [0.1, 0.15) is 12.8 Å². The van der Waals surface area contributed by atoms with Gasteiger partial charge >= 0.3 is 0 Å². The third-order valence-corrected chi connectivity index (χ3v) is 4.31. The number of anilines is 3. The summed E-state index contributed by atoms with van der Waals surface area (Å²) in [5.74, 6) is 0.917. The summed E-state index contributed by atoms with van der Waals surface area (Å²) in [6, 6.07) is -0.180. The molecule has 0 saturated carbocycles. The molecule has 3 rings (SSSR count). The highest BCUT2D eigenvalue weighted by atomic mass is 16.5. The van der Waals surface area contributed by atoms with Gasteiger partial charge in [-0.05, 0) is 12.8 Å². The summed E-state index contributed by atoms with van der Waals surface area (Å²) in [6.45, 7) is 2.39. The van der Waals surface area contributed by atoms with Gasteiger partial charge in [0.05, 0.1) is 0 Å². The normalized spacial score (nSPS) is 31.2. The van der Waals surface area contributed by atoms with E-state index < -0.39 is 0 Å². The highest BCUT2D eigenvalue weighted by molar-refractivity contribution is 5.45. The number of nitrogens with two attached hydrogens (primary N) is 4. The molecule has 10 N–H and O–H groups in total. The molecule has 3 heterocycles. The molecule has 24 heavy (non-hydrogen) atoms. The monoisotopic (exact) mass is 338 g/mol. The van der Waals surface area contributed by atoms with Crippen LogP contribution in [0.4, 0.5) is 17.8 Å². The van der Waals surface area contributed by atoms with Gasteiger partial charge in [-0.2, -0.15) is 15.0 Å². The molecule has 0 unspecified atom stereocenters. The molecule has 0 spiro atoms. The lowest BCUT2D eigenvalue weighted by Gasteiger charge is -2.36. The standard InChI is InChI=1S/C13H26N10O/c14-7-1-8(15)4-22(3-7)12-18-11(21-24)19-13(20-12)23-5-9(16)2-10(17)6-23/h7-10,24H,1-6,14-17H2,(H,18,19,20,21)/t7-,8+,9-,10+. The molecule has 2 aliphatic rings. The van der Waals surface area contributed by atoms with Gasteiger partial charge < -0.3 is 32.7 Å². The Kier molecular flexibility index (Phi) is 4.96. The van der Waals surface area contributed by atoms with Crippen LogP contribution in [-0.2, 0) is 0 Å². The molecule has 1 aromatic heterocycles. The van der Waals surface area contributed by atoms with E-state index in [-0.39, 0.29) is 30.1 Å². The van der Waals surface area contributed by atoms with Crippen LogP contribution in [0.25, 0.3) is 0 Å². The first kappa shape index (κ1) is 17.0. The average Bonchev–Trinajstić information content (AvgIpc) is 2.52. The number of nitrogens with one attached hydrogen (secondary N) is 1. The van der Waals surface area contributed by atoms with Crippen LogP contribution in [0.5, 0.6) is 0 Å². The van der Waals surface area contributed by atoms with Crippen molar-refractivity contribution in [2.45, 2.75) is 37.0 Å². The molecule has 2 fully saturated rings. The average molecular weight is 338 g/mol. The molecule has 0 aliphatic carbocycles. The van der Waals surface area contributed by atoms with E-state index >= 15 is 0 Å². The predicted octanol–water partition coefficient (Wildman–Crippen LogP) is -2.60. The number of rotatable bonds is 3. The number of hydrogen-bond donors (Lipinski definition) is 6. The summed E-state index contributed by atoms with van der Waals surface area (Å²) in [4.78, 5) is 16.8. The van der Waals surface area contributed by atoms with Crippen molar-refractivity contribution in [1.29, 1.82) is 0 Å². The maximum atomic E-state index is 9.25. The molecule has 1 aromatic rings. The minimum absolute atomic E-state index is 0.0451. The van der Waals surface area contributed by atoms with E-state index in [0.717, 1.165) is 12.8 Å². The molecule has 11 nitrogen and oxygen atoms in total. The number of piperidine rings is 2. The molecule has 2 aliphatic heterocycles. The van der Waals surface area contributed by atoms with Crippen molar-refractivity contribution in [3.63, 3.8) is 0 Å². The second kappa shape index (κ2) is 6.99. The molecular weight excluding hydrogens is 312 g/mol. The first-order valence-corrected chi connectivity index (χ1v) is 8.13. The molecular formula is C13H26N10O. The maximum Gasteiger partial charge on any atom is 0.253 e. The van der Waals surface area contributed by atoms with Gasteiger partial charge in [0.15, 0.2) is 0 Å². The third kappa shape index (κ3) is 3.82. The van der Waals surface area contributed by atoms with Gasteiger partial charge in [-0.1, -0.05) is 0 Å². The Bertz CT molecular complexity index is 507. The zero-order chi connectivity index (χ0) is 17.3. The molecule has 0 bridgehead atoms. The van der Waals surface area contributed by atoms with E-state index in [2.05, 4.69) is 15.0 Å². The maximum absolute atomic E-state index is 9.25. The Morgan fingerprint density at radius 1 is 0.750 bits per heavy atom. The summed E-state index contributed by atoms with van der Waals surface area (Å²) in [5, 5.41) is 9.25. The molecule has 0 aromatic carbocycles. The molecule has 0 radical (unpaired) electrons. The molecule has 11 heteroatoms. The zero-order valence-corrected chi connectivity index (χ0v) is 13.5. The minimum Gasteiger partial charge on any atom is -0.338 e. The van der Waals surface area contributed by atoms with Crippen molar-refractivity contribution in [2.24, 2.45) is 22.9 Å².